The van der Waals surface area contributed by atoms with Crippen molar-refractivity contribution in [1.82, 2.24) is 0 Å². The number of aliphatic imine (C=N–C) groups is 1. The molecule has 0 bridgehead atoms. The third-order valence-electron chi connectivity index (χ3n) is 0.687. The first-order valence-corrected chi connectivity index (χ1v) is 2.22. The topological polar surface area (TPSA) is 38.7 Å². The fourth-order valence-electron chi connectivity index (χ4n) is 0.372. The number of Topliss-reactive ketones (excluding diaryl/α,β-unsaturated/α-hetero) is 1. The zero-order valence-electron chi connectivity index (χ0n) is 4.61. The van der Waals surface area contributed by atoms with Crippen LogP contribution in [-0.4, -0.2) is 18.6 Å². The van der Waals surface area contributed by atoms with E-state index in [9.17, 15) is 4.79 Å². The molecule has 0 N–H and O–H groups in total. The zero-order chi connectivity index (χ0) is 5.82. The van der Waals surface area contributed by atoms with E-state index in [0.717, 1.165) is 0 Å². The second-order valence-electron chi connectivity index (χ2n) is 1.34. The second kappa shape index (κ2) is 4.09. The van der Waals surface area contributed by atoms with Crippen molar-refractivity contribution in [1.29, 1.82) is 0 Å². The van der Waals surface area contributed by atoms with Gasteiger partial charge < -0.3 is 4.74 Å². The predicted octanol–water partition coefficient (Wildman–Crippen LogP) is 0.549. The molecule has 0 atom stereocenters. The number of ketones is 1. The van der Waals surface area contributed by atoms with Gasteiger partial charge in [0, 0.05) is 0 Å². The van der Waals surface area contributed by atoms with E-state index >= 15 is 0 Å². The largest absolute Gasteiger partial charge is 0.491 e. The lowest BCUT2D eigenvalue weighted by molar-refractivity contribution is -0.115. The normalized spacial score (nSPS) is 15.8. The van der Waals surface area contributed by atoms with E-state index < -0.39 is 0 Å². The fourth-order valence-corrected chi connectivity index (χ4v) is 0.372. The summed E-state index contributed by atoms with van der Waals surface area (Å²) in [5.41, 5.74) is 0. The summed E-state index contributed by atoms with van der Waals surface area (Å²) in [6.07, 6.45) is 4.07. The number of carbonyl (C=O) groups excluding carboxylic acids is 1. The average Bonchev–Trinajstić information content (AvgIpc) is 1.94. The molecule has 9 heavy (non-hydrogen) atoms. The number of rotatable bonds is 0. The van der Waals surface area contributed by atoms with Gasteiger partial charge >= 0.3 is 0 Å². The number of nitrogens with zero attached hydrogens (tertiary/aromatic N) is 1. The molecule has 0 fully saturated rings. The molecule has 1 aliphatic rings. The van der Waals surface area contributed by atoms with Crippen LogP contribution < -0.4 is 0 Å². The minimum atomic E-state index is -0.102. The molecule has 3 nitrogen and oxygen atoms in total. The molecule has 0 aliphatic carbocycles. The Morgan fingerprint density at radius 3 is 3.22 bits per heavy atom. The molecule has 50 valence electrons. The van der Waals surface area contributed by atoms with E-state index in [1.165, 1.54) is 18.7 Å². The molecule has 1 rings (SSSR count). The van der Waals surface area contributed by atoms with Gasteiger partial charge in [-0.15, -0.1) is 12.4 Å². The molecular weight excluding hydrogens is 142 g/mol. The van der Waals surface area contributed by atoms with Crippen LogP contribution in [0.4, 0.5) is 0 Å². The van der Waals surface area contributed by atoms with Crippen LogP contribution in [0, 0.1) is 0 Å². The Bertz CT molecular complexity index is 153. The Balaban J connectivity index is 0.000000640. The Kier molecular flexibility index (Phi) is 3.71. The van der Waals surface area contributed by atoms with E-state index in [0.29, 0.717) is 0 Å². The summed E-state index contributed by atoms with van der Waals surface area (Å²) in [5, 5.41) is 0. The van der Waals surface area contributed by atoms with Crippen LogP contribution in [0.2, 0.25) is 0 Å². The smallest absolute Gasteiger partial charge is 0.211 e. The van der Waals surface area contributed by atoms with Gasteiger partial charge in [0.25, 0.3) is 0 Å². The second-order valence-corrected chi connectivity index (χ2v) is 1.34. The van der Waals surface area contributed by atoms with Crippen LogP contribution in [0.25, 0.3) is 0 Å². The van der Waals surface area contributed by atoms with E-state index in [-0.39, 0.29) is 24.8 Å². The molecule has 0 aromatic rings. The molecule has 0 radical (unpaired) electrons. The van der Waals surface area contributed by atoms with Crippen LogP contribution in [0.15, 0.2) is 17.5 Å². The van der Waals surface area contributed by atoms with Gasteiger partial charge in [0.2, 0.25) is 5.78 Å². The molecular formula is C5H6ClNO2. The molecule has 0 spiro atoms. The summed E-state index contributed by atoms with van der Waals surface area (Å²) in [6.45, 7) is 0.111. The van der Waals surface area contributed by atoms with E-state index in [4.69, 9.17) is 0 Å². The summed E-state index contributed by atoms with van der Waals surface area (Å²) in [5.74, 6) is -0.102. The lowest BCUT2D eigenvalue weighted by Crippen LogP contribution is -2.04. The number of ether oxygens (including phenoxy) is 1. The van der Waals surface area contributed by atoms with Gasteiger partial charge in [0.1, 0.15) is 6.26 Å². The molecule has 0 saturated carbocycles. The lowest BCUT2D eigenvalue weighted by Gasteiger charge is -1.88. The Morgan fingerprint density at radius 1 is 1.67 bits per heavy atom. The first-order valence-electron chi connectivity index (χ1n) is 2.22. The third kappa shape index (κ3) is 2.87. The molecule has 1 heterocycles. The monoisotopic (exact) mass is 147 g/mol. The molecule has 4 heteroatoms. The van der Waals surface area contributed by atoms with Crippen molar-refractivity contribution < 1.29 is 9.53 Å². The van der Waals surface area contributed by atoms with Crippen molar-refractivity contribution in [3.8, 4) is 0 Å². The third-order valence-corrected chi connectivity index (χ3v) is 0.687. The number of hydrogen-bond donors (Lipinski definition) is 0. The van der Waals surface area contributed by atoms with Gasteiger partial charge in [-0.25, -0.2) is 0 Å². The maximum atomic E-state index is 10.4. The quantitative estimate of drug-likeness (QED) is 0.502. The Labute approximate surface area is 58.8 Å². The van der Waals surface area contributed by atoms with Crippen molar-refractivity contribution >= 4 is 24.4 Å². The van der Waals surface area contributed by atoms with Crippen LogP contribution in [0.5, 0.6) is 0 Å². The summed E-state index contributed by atoms with van der Waals surface area (Å²) in [7, 11) is 0. The molecule has 0 aromatic heterocycles. The van der Waals surface area contributed by atoms with Crippen LogP contribution in [0.3, 0.4) is 0 Å². The van der Waals surface area contributed by atoms with Crippen molar-refractivity contribution in [2.45, 2.75) is 0 Å². The van der Waals surface area contributed by atoms with Crippen LogP contribution in [-0.2, 0) is 9.53 Å². The van der Waals surface area contributed by atoms with E-state index in [1.807, 2.05) is 0 Å². The minimum absolute atomic E-state index is 0. The van der Waals surface area contributed by atoms with Crippen molar-refractivity contribution in [3.63, 3.8) is 0 Å². The summed E-state index contributed by atoms with van der Waals surface area (Å²) in [4.78, 5) is 13.9. The average molecular weight is 148 g/mol. The molecule has 0 unspecified atom stereocenters. The summed E-state index contributed by atoms with van der Waals surface area (Å²) < 4.78 is 4.65. The highest BCUT2D eigenvalue weighted by Crippen LogP contribution is 1.84. The zero-order valence-corrected chi connectivity index (χ0v) is 5.43. The number of hydrogen-bond acceptors (Lipinski definition) is 3. The highest BCUT2D eigenvalue weighted by molar-refractivity contribution is 6.28. The Morgan fingerprint density at radius 2 is 2.44 bits per heavy atom. The lowest BCUT2D eigenvalue weighted by atomic mass is 10.5. The van der Waals surface area contributed by atoms with Gasteiger partial charge in [0.15, 0.2) is 6.61 Å². The van der Waals surface area contributed by atoms with Gasteiger partial charge in [-0.2, -0.15) is 0 Å². The highest BCUT2D eigenvalue weighted by Gasteiger charge is 1.95. The maximum absolute atomic E-state index is 10.4. The van der Waals surface area contributed by atoms with Crippen molar-refractivity contribution in [2.75, 3.05) is 6.61 Å². The molecule has 0 saturated heterocycles. The number of halogens is 1. The maximum Gasteiger partial charge on any atom is 0.211 e. The minimum Gasteiger partial charge on any atom is -0.491 e. The van der Waals surface area contributed by atoms with Gasteiger partial charge in [-0.1, -0.05) is 0 Å². The van der Waals surface area contributed by atoms with E-state index in [1.54, 1.807) is 0 Å². The predicted molar refractivity (Wildman–Crippen MR) is 35.8 cm³/mol. The summed E-state index contributed by atoms with van der Waals surface area (Å²) in [6, 6.07) is 0. The van der Waals surface area contributed by atoms with Crippen LogP contribution >= 0.6 is 12.4 Å². The first kappa shape index (κ1) is 8.17. The standard InChI is InChI=1S/C5H5NO2.ClH/c7-5-3-6-1-2-8-4-5;/h1-3H,4H2;1H. The van der Waals surface area contributed by atoms with Crippen LogP contribution in [0.1, 0.15) is 0 Å². The SMILES string of the molecule is Cl.O=C1C=NC=COC1. The molecule has 0 aromatic carbocycles. The van der Waals surface area contributed by atoms with E-state index in [2.05, 4.69) is 9.73 Å². The van der Waals surface area contributed by atoms with Crippen molar-refractivity contribution in [2.24, 2.45) is 4.99 Å². The first-order chi connectivity index (χ1) is 3.89. The molecule has 0 amide bonds. The van der Waals surface area contributed by atoms with Crippen molar-refractivity contribution in [3.05, 3.63) is 12.5 Å². The summed E-state index contributed by atoms with van der Waals surface area (Å²) >= 11 is 0. The van der Waals surface area contributed by atoms with Gasteiger partial charge in [0.05, 0.1) is 12.4 Å². The Hall–Kier alpha value is -0.830. The van der Waals surface area contributed by atoms with Gasteiger partial charge in [-0.3, -0.25) is 9.79 Å². The highest BCUT2D eigenvalue weighted by atomic mass is 35.5. The fraction of sp³-hybridized carbons (Fsp3) is 0.200. The number of carbonyl (C=O) groups is 1. The molecule has 1 aliphatic heterocycles. The van der Waals surface area contributed by atoms with Gasteiger partial charge in [-0.05, 0) is 0 Å².